The Balaban J connectivity index is 1.11. The van der Waals surface area contributed by atoms with E-state index in [9.17, 15) is 0 Å². The van der Waals surface area contributed by atoms with E-state index in [1.807, 2.05) is 18.5 Å². The third-order valence-corrected chi connectivity index (χ3v) is 6.91. The van der Waals surface area contributed by atoms with Gasteiger partial charge in [0, 0.05) is 37.1 Å². The molecular weight excluding hydrogens is 330 g/mol. The van der Waals surface area contributed by atoms with Gasteiger partial charge in [-0.3, -0.25) is 4.98 Å². The van der Waals surface area contributed by atoms with Crippen LogP contribution in [-0.4, -0.2) is 42.6 Å². The van der Waals surface area contributed by atoms with Crippen molar-refractivity contribution in [3.8, 4) is 0 Å². The Kier molecular flexibility index (Phi) is 4.87. The lowest BCUT2D eigenvalue weighted by Gasteiger charge is -2.41. The van der Waals surface area contributed by atoms with Crippen molar-refractivity contribution in [2.45, 2.75) is 43.9 Å². The van der Waals surface area contributed by atoms with Gasteiger partial charge in [0.2, 0.25) is 0 Å². The largest absolute Gasteiger partial charge is 0.370 e. The molecule has 27 heavy (non-hydrogen) atoms. The number of aromatic nitrogens is 1. The van der Waals surface area contributed by atoms with E-state index in [2.05, 4.69) is 45.1 Å². The summed E-state index contributed by atoms with van der Waals surface area (Å²) in [5.41, 5.74) is 4.30. The van der Waals surface area contributed by atoms with E-state index in [-0.39, 0.29) is 0 Å². The maximum absolute atomic E-state index is 4.26. The lowest BCUT2D eigenvalue weighted by atomic mass is 9.88. The van der Waals surface area contributed by atoms with Gasteiger partial charge in [-0.05, 0) is 80.1 Å². The minimum Gasteiger partial charge on any atom is -0.370 e. The zero-order valence-electron chi connectivity index (χ0n) is 16.3. The minimum atomic E-state index is 0.637. The number of likely N-dealkylation sites (tertiary alicyclic amines) is 1. The van der Waals surface area contributed by atoms with Gasteiger partial charge in [0.15, 0.2) is 0 Å². The zero-order valence-corrected chi connectivity index (χ0v) is 16.3. The number of rotatable bonds is 6. The molecule has 0 unspecified atom stereocenters. The summed E-state index contributed by atoms with van der Waals surface area (Å²) in [4.78, 5) is 9.44. The van der Waals surface area contributed by atoms with E-state index < -0.39 is 0 Å². The van der Waals surface area contributed by atoms with Gasteiger partial charge in [-0.25, -0.2) is 0 Å². The van der Waals surface area contributed by atoms with E-state index in [1.165, 1.54) is 63.0 Å². The van der Waals surface area contributed by atoms with Crippen molar-refractivity contribution in [2.24, 2.45) is 5.92 Å². The second-order valence-electron chi connectivity index (χ2n) is 8.83. The lowest BCUT2D eigenvalue weighted by molar-refractivity contribution is 0.207. The van der Waals surface area contributed by atoms with Crippen molar-refractivity contribution >= 4 is 5.69 Å². The van der Waals surface area contributed by atoms with Gasteiger partial charge in [-0.15, -0.1) is 0 Å². The molecule has 142 valence electrons. The normalized spacial score (nSPS) is 22.0. The molecule has 1 aliphatic carbocycles. The van der Waals surface area contributed by atoms with Crippen LogP contribution in [0.4, 0.5) is 5.69 Å². The summed E-state index contributed by atoms with van der Waals surface area (Å²) in [7, 11) is 0. The monoisotopic (exact) mass is 361 g/mol. The highest BCUT2D eigenvalue weighted by atomic mass is 15.2. The van der Waals surface area contributed by atoms with Crippen LogP contribution in [0, 0.1) is 5.92 Å². The average Bonchev–Trinajstić information content (AvgIpc) is 3.52. The number of piperidine rings is 1. The smallest absolute Gasteiger partial charge is 0.0366 e. The predicted molar refractivity (Wildman–Crippen MR) is 111 cm³/mol. The quantitative estimate of drug-likeness (QED) is 0.746. The first-order chi connectivity index (χ1) is 13.3. The fourth-order valence-corrected chi connectivity index (χ4v) is 4.74. The summed E-state index contributed by atoms with van der Waals surface area (Å²) >= 11 is 0. The third kappa shape index (κ3) is 4.03. The third-order valence-electron chi connectivity index (χ3n) is 6.91. The van der Waals surface area contributed by atoms with Crippen LogP contribution >= 0.6 is 0 Å². The van der Waals surface area contributed by atoms with Crippen LogP contribution in [0.15, 0.2) is 48.8 Å². The Morgan fingerprint density at radius 3 is 2.30 bits per heavy atom. The van der Waals surface area contributed by atoms with Crippen LogP contribution in [0.5, 0.6) is 0 Å². The maximum atomic E-state index is 4.26. The molecule has 2 saturated heterocycles. The molecule has 3 aliphatic rings. The number of hydrogen-bond acceptors (Lipinski definition) is 3. The van der Waals surface area contributed by atoms with E-state index >= 15 is 0 Å². The maximum Gasteiger partial charge on any atom is 0.0366 e. The summed E-state index contributed by atoms with van der Waals surface area (Å²) in [5, 5.41) is 0. The van der Waals surface area contributed by atoms with Crippen LogP contribution < -0.4 is 4.90 Å². The zero-order chi connectivity index (χ0) is 18.1. The van der Waals surface area contributed by atoms with Gasteiger partial charge in [0.1, 0.15) is 0 Å². The Labute approximate surface area is 163 Å². The molecule has 0 spiro atoms. The van der Waals surface area contributed by atoms with Crippen LogP contribution in [0.1, 0.15) is 55.1 Å². The molecule has 0 amide bonds. The first-order valence-corrected chi connectivity index (χ1v) is 10.8. The number of anilines is 1. The highest BCUT2D eigenvalue weighted by molar-refractivity contribution is 5.52. The van der Waals surface area contributed by atoms with E-state index in [0.29, 0.717) is 5.92 Å². The summed E-state index contributed by atoms with van der Waals surface area (Å²) in [6, 6.07) is 13.7. The van der Waals surface area contributed by atoms with Gasteiger partial charge in [-0.2, -0.15) is 0 Å². The molecule has 1 aromatic heterocycles. The molecule has 0 bridgehead atoms. The molecule has 0 N–H and O–H groups in total. The fraction of sp³-hybridized carbons (Fsp3) is 0.542. The molecule has 3 heteroatoms. The summed E-state index contributed by atoms with van der Waals surface area (Å²) < 4.78 is 0. The number of hydrogen-bond donors (Lipinski definition) is 0. The molecule has 2 aliphatic heterocycles. The van der Waals surface area contributed by atoms with Crippen LogP contribution in [-0.2, 0) is 0 Å². The molecule has 1 aromatic carbocycles. The summed E-state index contributed by atoms with van der Waals surface area (Å²) in [6.45, 7) is 6.15. The summed E-state index contributed by atoms with van der Waals surface area (Å²) in [5.74, 6) is 2.46. The number of benzene rings is 1. The SMILES string of the molecule is c1cncc(C2CN(c3ccc(C4CCN(CCC5CC5)CC4)cc3)C2)c1. The molecule has 2 aromatic rings. The van der Waals surface area contributed by atoms with E-state index in [0.717, 1.165) is 24.9 Å². The van der Waals surface area contributed by atoms with Crippen LogP contribution in [0.2, 0.25) is 0 Å². The van der Waals surface area contributed by atoms with Crippen molar-refractivity contribution in [2.75, 3.05) is 37.6 Å². The average molecular weight is 362 g/mol. The molecule has 3 fully saturated rings. The lowest BCUT2D eigenvalue weighted by Crippen LogP contribution is -2.45. The molecule has 1 saturated carbocycles. The Bertz CT molecular complexity index is 724. The molecule has 3 nitrogen and oxygen atoms in total. The first-order valence-electron chi connectivity index (χ1n) is 10.8. The molecule has 0 radical (unpaired) electrons. The van der Waals surface area contributed by atoms with E-state index in [4.69, 9.17) is 0 Å². The summed E-state index contributed by atoms with van der Waals surface area (Å²) in [6.07, 6.45) is 11.0. The van der Waals surface area contributed by atoms with Crippen molar-refractivity contribution in [3.63, 3.8) is 0 Å². The van der Waals surface area contributed by atoms with Crippen LogP contribution in [0.25, 0.3) is 0 Å². The Morgan fingerprint density at radius 1 is 0.852 bits per heavy atom. The van der Waals surface area contributed by atoms with Gasteiger partial charge >= 0.3 is 0 Å². The van der Waals surface area contributed by atoms with Gasteiger partial charge in [0.25, 0.3) is 0 Å². The van der Waals surface area contributed by atoms with Crippen molar-refractivity contribution in [1.82, 2.24) is 9.88 Å². The molecule has 5 rings (SSSR count). The number of nitrogens with zero attached hydrogens (tertiary/aromatic N) is 3. The van der Waals surface area contributed by atoms with Crippen molar-refractivity contribution in [3.05, 3.63) is 59.9 Å². The predicted octanol–water partition coefficient (Wildman–Crippen LogP) is 4.66. The van der Waals surface area contributed by atoms with Gasteiger partial charge in [-0.1, -0.05) is 31.0 Å². The standard InChI is InChI=1S/C24H31N3/c1-2-22(16-25-12-1)23-17-27(18-23)24-7-5-20(6-8-24)21-10-14-26(15-11-21)13-9-19-3-4-19/h1-2,5-8,12,16,19,21,23H,3-4,9-11,13-15,17-18H2. The number of pyridine rings is 1. The highest BCUT2D eigenvalue weighted by Crippen LogP contribution is 2.35. The van der Waals surface area contributed by atoms with E-state index in [1.54, 1.807) is 5.56 Å². The fourth-order valence-electron chi connectivity index (χ4n) is 4.74. The van der Waals surface area contributed by atoms with Gasteiger partial charge < -0.3 is 9.80 Å². The van der Waals surface area contributed by atoms with Crippen molar-refractivity contribution in [1.29, 1.82) is 0 Å². The van der Waals surface area contributed by atoms with Crippen molar-refractivity contribution < 1.29 is 0 Å². The minimum absolute atomic E-state index is 0.637. The second kappa shape index (κ2) is 7.63. The molecule has 3 heterocycles. The first kappa shape index (κ1) is 17.2. The Hall–Kier alpha value is -1.87. The molecular formula is C24H31N3. The molecule has 0 atom stereocenters. The van der Waals surface area contributed by atoms with Crippen LogP contribution in [0.3, 0.4) is 0 Å². The van der Waals surface area contributed by atoms with Gasteiger partial charge in [0.05, 0.1) is 0 Å². The second-order valence-corrected chi connectivity index (χ2v) is 8.83. The topological polar surface area (TPSA) is 19.4 Å². The Morgan fingerprint density at radius 2 is 1.63 bits per heavy atom. The highest BCUT2D eigenvalue weighted by Gasteiger charge is 2.29.